The minimum absolute atomic E-state index is 0.153. The van der Waals surface area contributed by atoms with Crippen LogP contribution in [0.5, 0.6) is 5.75 Å². The first-order valence-corrected chi connectivity index (χ1v) is 9.26. The second-order valence-corrected chi connectivity index (χ2v) is 6.93. The lowest BCUT2D eigenvalue weighted by Crippen LogP contribution is -2.32. The van der Waals surface area contributed by atoms with Gasteiger partial charge in [-0.2, -0.15) is 0 Å². The topological polar surface area (TPSA) is 55.6 Å². The van der Waals surface area contributed by atoms with E-state index in [0.29, 0.717) is 11.5 Å². The Bertz CT molecular complexity index is 701. The molecule has 1 aromatic carbocycles. The van der Waals surface area contributed by atoms with Gasteiger partial charge in [0.15, 0.2) is 0 Å². The minimum atomic E-state index is 0.153. The van der Waals surface area contributed by atoms with Crippen LogP contribution in [0.2, 0.25) is 0 Å². The lowest BCUT2D eigenvalue weighted by Gasteiger charge is -2.25. The second kappa shape index (κ2) is 7.75. The fourth-order valence-corrected chi connectivity index (χ4v) is 3.85. The van der Waals surface area contributed by atoms with Crippen LogP contribution in [0.1, 0.15) is 35.9 Å². The Kier molecular flexibility index (Phi) is 5.45. The van der Waals surface area contributed by atoms with E-state index < -0.39 is 0 Å². The number of ether oxygens (including phenoxy) is 1. The molecule has 1 unspecified atom stereocenters. The van der Waals surface area contributed by atoms with Crippen molar-refractivity contribution < 1.29 is 14.1 Å². The maximum Gasteiger partial charge on any atom is 0.233 e. The third-order valence-corrected chi connectivity index (χ3v) is 5.14. The Morgan fingerprint density at radius 3 is 3.08 bits per heavy atom. The lowest BCUT2D eigenvalue weighted by molar-refractivity contribution is -0.129. The number of likely N-dealkylation sites (tertiary alicyclic amines) is 1. The van der Waals surface area contributed by atoms with E-state index in [0.717, 1.165) is 42.2 Å². The van der Waals surface area contributed by atoms with Gasteiger partial charge >= 0.3 is 0 Å². The Hall–Kier alpha value is -1.95. The summed E-state index contributed by atoms with van der Waals surface area (Å²) in [7, 11) is 1.67. The van der Waals surface area contributed by atoms with Crippen molar-refractivity contribution in [1.29, 1.82) is 0 Å². The van der Waals surface area contributed by atoms with Crippen LogP contribution >= 0.6 is 11.8 Å². The predicted molar refractivity (Wildman–Crippen MR) is 94.1 cm³/mol. The summed E-state index contributed by atoms with van der Waals surface area (Å²) in [6.07, 6.45) is 2.05. The number of amides is 1. The van der Waals surface area contributed by atoms with Gasteiger partial charge in [0.2, 0.25) is 5.91 Å². The molecule has 128 valence electrons. The Balaban J connectivity index is 1.58. The van der Waals surface area contributed by atoms with Crippen molar-refractivity contribution >= 4 is 17.7 Å². The summed E-state index contributed by atoms with van der Waals surface area (Å²) in [5.41, 5.74) is 2.02. The molecule has 0 N–H and O–H groups in total. The zero-order chi connectivity index (χ0) is 16.9. The van der Waals surface area contributed by atoms with Crippen LogP contribution in [-0.2, 0) is 10.5 Å². The number of aryl methyl sites for hydroxylation is 1. The van der Waals surface area contributed by atoms with E-state index in [9.17, 15) is 4.79 Å². The SMILES string of the molecule is COc1cccc(C2CCCN2C(=O)CSCc2cc(C)no2)c1. The molecule has 6 heteroatoms. The summed E-state index contributed by atoms with van der Waals surface area (Å²) in [4.78, 5) is 14.6. The molecule has 1 aliphatic rings. The third-order valence-electron chi connectivity index (χ3n) is 4.20. The summed E-state index contributed by atoms with van der Waals surface area (Å²) >= 11 is 1.57. The van der Waals surface area contributed by atoms with Gasteiger partial charge in [-0.05, 0) is 37.5 Å². The highest BCUT2D eigenvalue weighted by molar-refractivity contribution is 7.99. The van der Waals surface area contributed by atoms with Gasteiger partial charge in [-0.3, -0.25) is 4.79 Å². The van der Waals surface area contributed by atoms with Crippen LogP contribution in [0.15, 0.2) is 34.9 Å². The van der Waals surface area contributed by atoms with Crippen LogP contribution in [-0.4, -0.2) is 35.4 Å². The van der Waals surface area contributed by atoms with Gasteiger partial charge in [-0.25, -0.2) is 0 Å². The molecule has 1 fully saturated rings. The van der Waals surface area contributed by atoms with Gasteiger partial charge in [0.25, 0.3) is 0 Å². The zero-order valence-corrected chi connectivity index (χ0v) is 14.8. The number of nitrogens with zero attached hydrogens (tertiary/aromatic N) is 2. The summed E-state index contributed by atoms with van der Waals surface area (Å²) < 4.78 is 10.5. The first kappa shape index (κ1) is 16.9. The number of thioether (sulfide) groups is 1. The molecular weight excluding hydrogens is 324 g/mol. The molecule has 0 saturated carbocycles. The van der Waals surface area contributed by atoms with E-state index in [1.165, 1.54) is 0 Å². The van der Waals surface area contributed by atoms with Crippen LogP contribution < -0.4 is 4.74 Å². The molecule has 0 aliphatic carbocycles. The summed E-state index contributed by atoms with van der Waals surface area (Å²) in [6, 6.07) is 10.1. The second-order valence-electron chi connectivity index (χ2n) is 5.95. The first-order chi connectivity index (χ1) is 11.7. The summed E-state index contributed by atoms with van der Waals surface area (Å²) in [6.45, 7) is 2.72. The van der Waals surface area contributed by atoms with Crippen LogP contribution in [0.25, 0.3) is 0 Å². The van der Waals surface area contributed by atoms with Gasteiger partial charge in [0, 0.05) is 12.6 Å². The Labute approximate surface area is 146 Å². The molecule has 0 radical (unpaired) electrons. The van der Waals surface area contributed by atoms with Crippen molar-refractivity contribution in [1.82, 2.24) is 10.1 Å². The smallest absolute Gasteiger partial charge is 0.233 e. The first-order valence-electron chi connectivity index (χ1n) is 8.10. The van der Waals surface area contributed by atoms with Gasteiger partial charge in [0.1, 0.15) is 11.5 Å². The molecule has 3 rings (SSSR count). The van der Waals surface area contributed by atoms with E-state index in [1.807, 2.05) is 36.1 Å². The van der Waals surface area contributed by atoms with E-state index >= 15 is 0 Å². The van der Waals surface area contributed by atoms with Crippen molar-refractivity contribution in [3.8, 4) is 5.75 Å². The number of hydrogen-bond acceptors (Lipinski definition) is 5. The number of methoxy groups -OCH3 is 1. The minimum Gasteiger partial charge on any atom is -0.497 e. The van der Waals surface area contributed by atoms with Crippen molar-refractivity contribution in [3.05, 3.63) is 47.3 Å². The molecule has 1 aliphatic heterocycles. The summed E-state index contributed by atoms with van der Waals surface area (Å²) in [5, 5.41) is 3.86. The van der Waals surface area contributed by atoms with Crippen molar-refractivity contribution in [2.45, 2.75) is 31.6 Å². The molecule has 2 heterocycles. The number of benzene rings is 1. The van der Waals surface area contributed by atoms with E-state index in [-0.39, 0.29) is 11.9 Å². The van der Waals surface area contributed by atoms with Crippen molar-refractivity contribution in [2.24, 2.45) is 0 Å². The van der Waals surface area contributed by atoms with Gasteiger partial charge in [0.05, 0.1) is 30.4 Å². The van der Waals surface area contributed by atoms with E-state index in [1.54, 1.807) is 18.9 Å². The highest BCUT2D eigenvalue weighted by atomic mass is 32.2. The number of aromatic nitrogens is 1. The predicted octanol–water partition coefficient (Wildman–Crippen LogP) is 3.59. The largest absolute Gasteiger partial charge is 0.497 e. The number of carbonyl (C=O) groups is 1. The molecule has 24 heavy (non-hydrogen) atoms. The number of rotatable bonds is 6. The van der Waals surface area contributed by atoms with Gasteiger partial charge in [-0.1, -0.05) is 17.3 Å². The monoisotopic (exact) mass is 346 g/mol. The highest BCUT2D eigenvalue weighted by Gasteiger charge is 2.29. The van der Waals surface area contributed by atoms with E-state index in [2.05, 4.69) is 11.2 Å². The number of carbonyl (C=O) groups excluding carboxylic acids is 1. The molecule has 1 amide bonds. The third kappa shape index (κ3) is 3.93. The van der Waals surface area contributed by atoms with Gasteiger partial charge < -0.3 is 14.2 Å². The van der Waals surface area contributed by atoms with Gasteiger partial charge in [-0.15, -0.1) is 11.8 Å². The fourth-order valence-electron chi connectivity index (χ4n) is 3.07. The lowest BCUT2D eigenvalue weighted by atomic mass is 10.0. The maximum atomic E-state index is 12.6. The highest BCUT2D eigenvalue weighted by Crippen LogP contribution is 2.34. The molecule has 0 bridgehead atoms. The number of hydrogen-bond donors (Lipinski definition) is 0. The Morgan fingerprint density at radius 1 is 1.46 bits per heavy atom. The standard InChI is InChI=1S/C18H22N2O3S/c1-13-9-16(23-19-13)11-24-12-18(21)20-8-4-7-17(20)14-5-3-6-15(10-14)22-2/h3,5-6,9-10,17H,4,7-8,11-12H2,1-2H3. The Morgan fingerprint density at radius 2 is 2.33 bits per heavy atom. The van der Waals surface area contributed by atoms with Crippen LogP contribution in [0, 0.1) is 6.92 Å². The average Bonchev–Trinajstić information content (AvgIpc) is 3.24. The summed E-state index contributed by atoms with van der Waals surface area (Å²) in [5.74, 6) is 2.96. The van der Waals surface area contributed by atoms with Crippen molar-refractivity contribution in [3.63, 3.8) is 0 Å². The average molecular weight is 346 g/mol. The van der Waals surface area contributed by atoms with E-state index in [4.69, 9.17) is 9.26 Å². The van der Waals surface area contributed by atoms with Crippen LogP contribution in [0.4, 0.5) is 0 Å². The fraction of sp³-hybridized carbons (Fsp3) is 0.444. The van der Waals surface area contributed by atoms with Crippen molar-refractivity contribution in [2.75, 3.05) is 19.4 Å². The van der Waals surface area contributed by atoms with Crippen LogP contribution in [0.3, 0.4) is 0 Å². The molecular formula is C18H22N2O3S. The molecule has 0 spiro atoms. The quantitative estimate of drug-likeness (QED) is 0.800. The molecule has 1 atom stereocenters. The molecule has 2 aromatic rings. The molecule has 1 aromatic heterocycles. The zero-order valence-electron chi connectivity index (χ0n) is 14.0. The molecule has 1 saturated heterocycles. The normalized spacial score (nSPS) is 17.2. The molecule has 5 nitrogen and oxygen atoms in total. The maximum absolute atomic E-state index is 12.6.